The molecule has 0 radical (unpaired) electrons. The number of allylic oxidation sites excluding steroid dienone is 1. The number of nitrogens with two attached hydrogens (primary N) is 1. The van der Waals surface area contributed by atoms with Crippen LogP contribution < -0.4 is 11.1 Å². The van der Waals surface area contributed by atoms with Crippen LogP contribution in [0.5, 0.6) is 0 Å². The second kappa shape index (κ2) is 8.63. The Labute approximate surface area is 157 Å². The Kier molecular flexibility index (Phi) is 6.24. The summed E-state index contributed by atoms with van der Waals surface area (Å²) in [6, 6.07) is 0. The molecule has 27 heavy (non-hydrogen) atoms. The van der Waals surface area contributed by atoms with Crippen LogP contribution in [0, 0.1) is 0 Å². The molecule has 2 aliphatic heterocycles. The predicted octanol–water partition coefficient (Wildman–Crippen LogP) is 1.99. The van der Waals surface area contributed by atoms with Crippen LogP contribution in [-0.2, 0) is 9.47 Å². The summed E-state index contributed by atoms with van der Waals surface area (Å²) in [5.74, 6) is 0.479. The Morgan fingerprint density at radius 3 is 2.85 bits per heavy atom. The van der Waals surface area contributed by atoms with Crippen LogP contribution in [0.3, 0.4) is 0 Å². The van der Waals surface area contributed by atoms with E-state index in [1.165, 1.54) is 11.3 Å². The van der Waals surface area contributed by atoms with Crippen molar-refractivity contribution in [2.24, 2.45) is 15.7 Å². The van der Waals surface area contributed by atoms with Crippen molar-refractivity contribution >= 4 is 23.4 Å². The molecule has 1 aromatic heterocycles. The van der Waals surface area contributed by atoms with Crippen molar-refractivity contribution < 1.29 is 22.6 Å². The topological polar surface area (TPSA) is 94.1 Å². The number of rotatable bonds is 6. The summed E-state index contributed by atoms with van der Waals surface area (Å²) in [6.07, 6.45) is 3.64. The van der Waals surface area contributed by atoms with Gasteiger partial charge in [-0.15, -0.1) is 11.3 Å². The van der Waals surface area contributed by atoms with Gasteiger partial charge in [0.1, 0.15) is 6.79 Å². The van der Waals surface area contributed by atoms with Crippen LogP contribution in [0.4, 0.5) is 13.2 Å². The summed E-state index contributed by atoms with van der Waals surface area (Å²) in [5, 5.41) is 5.49. The van der Waals surface area contributed by atoms with Gasteiger partial charge in [-0.3, -0.25) is 4.99 Å². The quantitative estimate of drug-likeness (QED) is 0.562. The van der Waals surface area contributed by atoms with E-state index in [4.69, 9.17) is 15.2 Å². The third-order valence-corrected chi connectivity index (χ3v) is 4.68. The number of halogens is 3. The number of alkyl halides is 3. The van der Waals surface area contributed by atoms with Gasteiger partial charge in [0.25, 0.3) is 0 Å². The van der Waals surface area contributed by atoms with Crippen molar-refractivity contribution in [1.29, 1.82) is 0 Å². The molecule has 1 fully saturated rings. The van der Waals surface area contributed by atoms with Crippen molar-refractivity contribution in [3.8, 4) is 0 Å². The van der Waals surface area contributed by atoms with Crippen molar-refractivity contribution in [2.45, 2.75) is 18.6 Å². The maximum atomic E-state index is 15.1. The molecule has 0 aromatic carbocycles. The monoisotopic (exact) mass is 401 g/mol. The SMILES string of the molecule is NC=C(C=NC(F)F)C1=C(CC2(F)COCOC2)NC(c2nccs2)=NC1. The molecule has 0 bridgehead atoms. The van der Waals surface area contributed by atoms with Crippen LogP contribution in [-0.4, -0.2) is 55.8 Å². The van der Waals surface area contributed by atoms with Gasteiger partial charge in [-0.1, -0.05) is 0 Å². The molecule has 11 heteroatoms. The average Bonchev–Trinajstić information content (AvgIpc) is 3.18. The highest BCUT2D eigenvalue weighted by molar-refractivity contribution is 7.11. The Hall–Kier alpha value is -2.24. The molecule has 2 aliphatic rings. The lowest BCUT2D eigenvalue weighted by molar-refractivity contribution is -0.171. The lowest BCUT2D eigenvalue weighted by Crippen LogP contribution is -2.43. The number of aromatic nitrogens is 1. The van der Waals surface area contributed by atoms with Crippen LogP contribution in [0.1, 0.15) is 11.4 Å². The van der Waals surface area contributed by atoms with Gasteiger partial charge in [0.15, 0.2) is 16.5 Å². The molecule has 1 saturated heterocycles. The van der Waals surface area contributed by atoms with Gasteiger partial charge in [0.2, 0.25) is 0 Å². The van der Waals surface area contributed by atoms with Crippen LogP contribution in [0.2, 0.25) is 0 Å². The highest BCUT2D eigenvalue weighted by Gasteiger charge is 2.36. The van der Waals surface area contributed by atoms with E-state index in [9.17, 15) is 8.78 Å². The molecule has 3 heterocycles. The first-order chi connectivity index (χ1) is 13.0. The van der Waals surface area contributed by atoms with Gasteiger partial charge in [0, 0.05) is 47.3 Å². The Bertz CT molecular complexity index is 771. The standard InChI is InChI=1S/C16H18F3N5O2S/c17-15(18)23-5-10(4-20)11-6-22-13(14-21-1-2-27-14)24-12(11)3-16(19)7-25-9-26-8-16/h1-2,4-5,15H,3,6-9,20H2,(H,22,24). The lowest BCUT2D eigenvalue weighted by atomic mass is 9.94. The highest BCUT2D eigenvalue weighted by atomic mass is 32.1. The summed E-state index contributed by atoms with van der Waals surface area (Å²) in [7, 11) is 0. The van der Waals surface area contributed by atoms with Crippen molar-refractivity contribution in [3.05, 3.63) is 39.6 Å². The molecule has 3 N–H and O–H groups in total. The maximum absolute atomic E-state index is 15.1. The molecule has 0 amide bonds. The van der Waals surface area contributed by atoms with Gasteiger partial charge >= 0.3 is 6.55 Å². The zero-order chi connectivity index (χ0) is 19.3. The first kappa shape index (κ1) is 19.5. The third-order valence-electron chi connectivity index (χ3n) is 3.90. The average molecular weight is 401 g/mol. The first-order valence-corrected chi connectivity index (χ1v) is 8.90. The zero-order valence-corrected chi connectivity index (χ0v) is 15.0. The molecule has 0 aliphatic carbocycles. The van der Waals surface area contributed by atoms with Crippen LogP contribution in [0.25, 0.3) is 0 Å². The second-order valence-corrected chi connectivity index (χ2v) is 6.80. The van der Waals surface area contributed by atoms with E-state index in [-0.39, 0.29) is 38.5 Å². The summed E-state index contributed by atoms with van der Waals surface area (Å²) in [5.41, 5.74) is 4.98. The minimum atomic E-state index is -2.87. The number of ether oxygens (including phenoxy) is 2. The van der Waals surface area contributed by atoms with E-state index in [1.54, 1.807) is 11.6 Å². The molecule has 7 nitrogen and oxygen atoms in total. The van der Waals surface area contributed by atoms with E-state index < -0.39 is 12.2 Å². The van der Waals surface area contributed by atoms with Gasteiger partial charge in [-0.05, 0) is 0 Å². The molecular formula is C16H18F3N5O2S. The number of hydrogen-bond donors (Lipinski definition) is 2. The Morgan fingerprint density at radius 1 is 1.44 bits per heavy atom. The molecular weight excluding hydrogens is 383 g/mol. The number of nitrogens with zero attached hydrogens (tertiary/aromatic N) is 3. The largest absolute Gasteiger partial charge is 0.404 e. The molecule has 0 saturated carbocycles. The number of thiazole rings is 1. The summed E-state index contributed by atoms with van der Waals surface area (Å²) in [6.45, 7) is -2.99. The summed E-state index contributed by atoms with van der Waals surface area (Å²) >= 11 is 1.37. The van der Waals surface area contributed by atoms with Gasteiger partial charge < -0.3 is 20.5 Å². The molecule has 0 atom stereocenters. The Morgan fingerprint density at radius 2 is 2.22 bits per heavy atom. The minimum Gasteiger partial charge on any atom is -0.404 e. The molecule has 0 unspecified atom stereocenters. The molecule has 3 rings (SSSR count). The smallest absolute Gasteiger partial charge is 0.331 e. The molecule has 146 valence electrons. The van der Waals surface area contributed by atoms with E-state index >= 15 is 4.39 Å². The fourth-order valence-electron chi connectivity index (χ4n) is 2.72. The minimum absolute atomic E-state index is 0.0336. The van der Waals surface area contributed by atoms with E-state index in [0.29, 0.717) is 22.1 Å². The number of amidine groups is 1. The number of hydrogen-bond acceptors (Lipinski definition) is 8. The molecule has 1 aromatic rings. The molecule has 0 spiro atoms. The number of nitrogens with one attached hydrogen (secondary N) is 1. The van der Waals surface area contributed by atoms with Crippen LogP contribution in [0.15, 0.2) is 44.6 Å². The fraction of sp³-hybridized carbons (Fsp3) is 0.438. The van der Waals surface area contributed by atoms with Crippen molar-refractivity contribution in [2.75, 3.05) is 26.6 Å². The highest BCUT2D eigenvalue weighted by Crippen LogP contribution is 2.29. The number of aliphatic imine (C=N–C) groups is 2. The normalized spacial score (nSPS) is 20.9. The van der Waals surface area contributed by atoms with Crippen molar-refractivity contribution in [3.63, 3.8) is 0 Å². The second-order valence-electron chi connectivity index (χ2n) is 5.90. The summed E-state index contributed by atoms with van der Waals surface area (Å²) in [4.78, 5) is 11.6. The Balaban J connectivity index is 1.90. The maximum Gasteiger partial charge on any atom is 0.331 e. The van der Waals surface area contributed by atoms with E-state index in [1.807, 2.05) is 0 Å². The van der Waals surface area contributed by atoms with Crippen molar-refractivity contribution in [1.82, 2.24) is 10.3 Å². The van der Waals surface area contributed by atoms with Gasteiger partial charge in [0.05, 0.1) is 19.8 Å². The van der Waals surface area contributed by atoms with Gasteiger partial charge in [-0.2, -0.15) is 8.78 Å². The van der Waals surface area contributed by atoms with E-state index in [0.717, 1.165) is 12.4 Å². The summed E-state index contributed by atoms with van der Waals surface area (Å²) < 4.78 is 50.2. The lowest BCUT2D eigenvalue weighted by Gasteiger charge is -2.32. The van der Waals surface area contributed by atoms with E-state index in [2.05, 4.69) is 20.3 Å². The first-order valence-electron chi connectivity index (χ1n) is 8.02. The third kappa shape index (κ3) is 4.93. The van der Waals surface area contributed by atoms with Crippen LogP contribution >= 0.6 is 11.3 Å². The fourth-order valence-corrected chi connectivity index (χ4v) is 3.32. The zero-order valence-electron chi connectivity index (χ0n) is 14.2. The van der Waals surface area contributed by atoms with Gasteiger partial charge in [-0.25, -0.2) is 14.4 Å². The predicted molar refractivity (Wildman–Crippen MR) is 95.7 cm³/mol.